The van der Waals surface area contributed by atoms with E-state index in [-0.39, 0.29) is 29.3 Å². The van der Waals surface area contributed by atoms with E-state index in [1.165, 1.54) is 0 Å². The fourth-order valence-corrected chi connectivity index (χ4v) is 5.53. The molecule has 176 valence electrons. The first-order valence-electron chi connectivity index (χ1n) is 10.1. The van der Waals surface area contributed by atoms with Gasteiger partial charge in [-0.3, -0.25) is 4.72 Å². The van der Waals surface area contributed by atoms with Gasteiger partial charge in [0.2, 0.25) is 5.13 Å². The van der Waals surface area contributed by atoms with Crippen LogP contribution in [0.4, 0.5) is 13.9 Å². The summed E-state index contributed by atoms with van der Waals surface area (Å²) in [6, 6.07) is 9.12. The molecular weight excluding hydrogens is 474 g/mol. The molecule has 0 aliphatic carbocycles. The topological polar surface area (TPSA) is 102 Å². The van der Waals surface area contributed by atoms with Crippen molar-refractivity contribution in [1.82, 2.24) is 14.7 Å². The van der Waals surface area contributed by atoms with Crippen LogP contribution in [0.1, 0.15) is 17.9 Å². The predicted octanol–water partition coefficient (Wildman–Crippen LogP) is 3.40. The van der Waals surface area contributed by atoms with E-state index in [1.54, 1.807) is 7.11 Å². The number of halogens is 2. The fraction of sp³-hybridized carbons (Fsp3) is 0.333. The molecule has 2 atom stereocenters. The van der Waals surface area contributed by atoms with Crippen molar-refractivity contribution in [3.63, 3.8) is 0 Å². The van der Waals surface area contributed by atoms with E-state index in [4.69, 9.17) is 9.47 Å². The van der Waals surface area contributed by atoms with E-state index in [0.717, 1.165) is 48.2 Å². The Balaban J connectivity index is 1.48. The van der Waals surface area contributed by atoms with E-state index in [0.29, 0.717) is 12.6 Å². The maximum absolute atomic E-state index is 14.7. The molecule has 1 aliphatic heterocycles. The molecule has 8 nitrogen and oxygen atoms in total. The van der Waals surface area contributed by atoms with Crippen LogP contribution in [-0.4, -0.2) is 44.6 Å². The molecule has 0 saturated carbocycles. The molecule has 1 aliphatic rings. The van der Waals surface area contributed by atoms with Gasteiger partial charge in [-0.15, -0.1) is 0 Å². The molecule has 12 heteroatoms. The highest BCUT2D eigenvalue weighted by Crippen LogP contribution is 2.33. The Morgan fingerprint density at radius 2 is 2.00 bits per heavy atom. The summed E-state index contributed by atoms with van der Waals surface area (Å²) in [5, 5.41) is 3.25. The fourth-order valence-electron chi connectivity index (χ4n) is 3.80. The number of nitrogens with zero attached hydrogens (tertiary/aromatic N) is 2. The van der Waals surface area contributed by atoms with E-state index in [9.17, 15) is 17.2 Å². The minimum atomic E-state index is -4.37. The zero-order valence-corrected chi connectivity index (χ0v) is 19.3. The number of methoxy groups -OCH3 is 1. The lowest BCUT2D eigenvalue weighted by Gasteiger charge is -2.32. The summed E-state index contributed by atoms with van der Waals surface area (Å²) in [5.41, 5.74) is 1.11. The summed E-state index contributed by atoms with van der Waals surface area (Å²) in [6.45, 7) is 1.62. The number of benzene rings is 2. The average Bonchev–Trinajstić information content (AvgIpc) is 3.32. The number of rotatable bonds is 8. The van der Waals surface area contributed by atoms with Crippen LogP contribution in [0.15, 0.2) is 47.6 Å². The van der Waals surface area contributed by atoms with Crippen molar-refractivity contribution in [2.75, 3.05) is 31.5 Å². The largest absolute Gasteiger partial charge is 0.497 e. The molecule has 0 spiro atoms. The van der Waals surface area contributed by atoms with Crippen LogP contribution in [-0.2, 0) is 10.0 Å². The van der Waals surface area contributed by atoms with Gasteiger partial charge in [0, 0.05) is 36.1 Å². The summed E-state index contributed by atoms with van der Waals surface area (Å²) in [4.78, 5) is 2.85. The highest BCUT2D eigenvalue weighted by Gasteiger charge is 2.28. The number of piperidine rings is 1. The zero-order chi connectivity index (χ0) is 23.4. The Morgan fingerprint density at radius 3 is 2.70 bits per heavy atom. The van der Waals surface area contributed by atoms with Gasteiger partial charge in [-0.25, -0.2) is 22.2 Å². The van der Waals surface area contributed by atoms with Gasteiger partial charge in [-0.05, 0) is 36.6 Å². The standard InChI is InChI=1S/C21H22F2N4O4S2/c1-30-15-4-2-13(3-5-15)16-6-7-24-10-14(16)11-31-19-8-18(23)20(9-17(19)22)33(28,29)27-21-25-12-26-32-21/h2-5,8-9,12,14,16,24H,6-7,10-11H2,1H3,(H,25,26,27)/t14-,16?/m0/s1. The first-order chi connectivity index (χ1) is 15.9. The molecule has 0 amide bonds. The Kier molecular flexibility index (Phi) is 7.05. The SMILES string of the molecule is COc1ccc(C2CCNC[C@H]2COc2cc(F)c(S(=O)(=O)Nc3ncns3)cc2F)cc1. The van der Waals surface area contributed by atoms with Crippen LogP contribution < -0.4 is 19.5 Å². The molecule has 2 heterocycles. The number of ether oxygens (including phenoxy) is 2. The number of nitrogens with one attached hydrogen (secondary N) is 2. The van der Waals surface area contributed by atoms with Gasteiger partial charge in [0.15, 0.2) is 11.6 Å². The highest BCUT2D eigenvalue weighted by atomic mass is 32.2. The van der Waals surface area contributed by atoms with Crippen LogP contribution in [0.2, 0.25) is 0 Å². The van der Waals surface area contributed by atoms with Crippen molar-refractivity contribution in [3.05, 3.63) is 59.9 Å². The summed E-state index contributed by atoms with van der Waals surface area (Å²) in [6.07, 6.45) is 2.02. The average molecular weight is 497 g/mol. The monoisotopic (exact) mass is 496 g/mol. The second kappa shape index (κ2) is 9.98. The van der Waals surface area contributed by atoms with Crippen LogP contribution in [0.25, 0.3) is 0 Å². The first kappa shape index (κ1) is 23.3. The van der Waals surface area contributed by atoms with E-state index in [2.05, 4.69) is 19.4 Å². The molecule has 3 aromatic rings. The third-order valence-electron chi connectivity index (χ3n) is 5.46. The molecular formula is C21H22F2N4O4S2. The molecule has 1 fully saturated rings. The molecule has 1 aromatic heterocycles. The minimum absolute atomic E-state index is 0.0112. The third kappa shape index (κ3) is 5.40. The lowest BCUT2D eigenvalue weighted by molar-refractivity contribution is 0.190. The van der Waals surface area contributed by atoms with Gasteiger partial charge < -0.3 is 14.8 Å². The number of sulfonamides is 1. The number of hydrogen-bond donors (Lipinski definition) is 2. The molecule has 33 heavy (non-hydrogen) atoms. The maximum Gasteiger partial charge on any atom is 0.266 e. The van der Waals surface area contributed by atoms with E-state index in [1.807, 2.05) is 24.3 Å². The Hall–Kier alpha value is -2.83. The summed E-state index contributed by atoms with van der Waals surface area (Å²) < 4.78 is 70.6. The van der Waals surface area contributed by atoms with Crippen molar-refractivity contribution < 1.29 is 26.7 Å². The van der Waals surface area contributed by atoms with Crippen molar-refractivity contribution in [2.45, 2.75) is 17.2 Å². The maximum atomic E-state index is 14.7. The normalized spacial score (nSPS) is 18.6. The highest BCUT2D eigenvalue weighted by molar-refractivity contribution is 7.93. The molecule has 2 aromatic carbocycles. The molecule has 4 rings (SSSR count). The number of hydrogen-bond acceptors (Lipinski definition) is 8. The second-order valence-electron chi connectivity index (χ2n) is 7.51. The Bertz CT molecular complexity index is 1190. The lowest BCUT2D eigenvalue weighted by Crippen LogP contribution is -2.38. The van der Waals surface area contributed by atoms with Gasteiger partial charge in [-0.2, -0.15) is 4.37 Å². The Morgan fingerprint density at radius 1 is 1.21 bits per heavy atom. The van der Waals surface area contributed by atoms with Crippen molar-refractivity contribution in [2.24, 2.45) is 5.92 Å². The lowest BCUT2D eigenvalue weighted by atomic mass is 9.81. The van der Waals surface area contributed by atoms with Gasteiger partial charge in [0.05, 0.1) is 13.7 Å². The quantitative estimate of drug-likeness (QED) is 0.493. The Labute approximate surface area is 194 Å². The third-order valence-corrected chi connectivity index (χ3v) is 7.53. The number of aromatic nitrogens is 2. The van der Waals surface area contributed by atoms with Gasteiger partial charge in [0.25, 0.3) is 10.0 Å². The van der Waals surface area contributed by atoms with Gasteiger partial charge in [0.1, 0.15) is 22.8 Å². The summed E-state index contributed by atoms with van der Waals surface area (Å²) in [7, 11) is -2.77. The molecule has 1 saturated heterocycles. The van der Waals surface area contributed by atoms with Crippen molar-refractivity contribution >= 4 is 26.7 Å². The molecule has 1 unspecified atom stereocenters. The zero-order valence-electron chi connectivity index (χ0n) is 17.6. The molecule has 0 bridgehead atoms. The van der Waals surface area contributed by atoms with Crippen LogP contribution in [0, 0.1) is 17.6 Å². The predicted molar refractivity (Wildman–Crippen MR) is 119 cm³/mol. The van der Waals surface area contributed by atoms with E-state index < -0.39 is 26.6 Å². The number of anilines is 1. The van der Waals surface area contributed by atoms with Crippen LogP contribution in [0.3, 0.4) is 0 Å². The van der Waals surface area contributed by atoms with E-state index >= 15 is 0 Å². The van der Waals surface area contributed by atoms with Crippen molar-refractivity contribution in [3.8, 4) is 11.5 Å². The second-order valence-corrected chi connectivity index (χ2v) is 9.94. The smallest absolute Gasteiger partial charge is 0.266 e. The summed E-state index contributed by atoms with van der Waals surface area (Å²) in [5.74, 6) is -1.51. The summed E-state index contributed by atoms with van der Waals surface area (Å²) >= 11 is 0.777. The van der Waals surface area contributed by atoms with Crippen LogP contribution >= 0.6 is 11.5 Å². The first-order valence-corrected chi connectivity index (χ1v) is 12.4. The van der Waals surface area contributed by atoms with Crippen molar-refractivity contribution in [1.29, 1.82) is 0 Å². The minimum Gasteiger partial charge on any atom is -0.497 e. The van der Waals surface area contributed by atoms with Gasteiger partial charge >= 0.3 is 0 Å². The molecule has 2 N–H and O–H groups in total. The van der Waals surface area contributed by atoms with Crippen LogP contribution in [0.5, 0.6) is 11.5 Å². The molecule has 0 radical (unpaired) electrons. The van der Waals surface area contributed by atoms with Gasteiger partial charge in [-0.1, -0.05) is 12.1 Å².